The molecule has 3 N–H and O–H groups in total. The number of aromatic hydroxyl groups is 3. The molecule has 0 unspecified atom stereocenters. The standard InChI is InChI=1S/C16H13ClO5/c1-22-16(21)13(9-2-4-11(18)5-3-9)7-10-6-12(19)8-14(20)15(10)17/h2-8,18-20H,1H3/b13-7-. The third-order valence-corrected chi connectivity index (χ3v) is 3.36. The summed E-state index contributed by atoms with van der Waals surface area (Å²) < 4.78 is 4.73. The maximum Gasteiger partial charge on any atom is 0.338 e. The van der Waals surface area contributed by atoms with Crippen molar-refractivity contribution in [2.75, 3.05) is 7.11 Å². The number of rotatable bonds is 3. The number of carbonyl (C=O) groups excluding carboxylic acids is 1. The Kier molecular flexibility index (Phi) is 4.58. The number of benzene rings is 2. The Bertz CT molecular complexity index is 735. The quantitative estimate of drug-likeness (QED) is 0.459. The van der Waals surface area contributed by atoms with E-state index in [1.54, 1.807) is 0 Å². The third kappa shape index (κ3) is 3.32. The molecule has 0 spiro atoms. The van der Waals surface area contributed by atoms with Crippen LogP contribution in [0.4, 0.5) is 0 Å². The molecule has 0 saturated carbocycles. The molecule has 6 heteroatoms. The molecule has 0 saturated heterocycles. The first-order valence-electron chi connectivity index (χ1n) is 6.23. The summed E-state index contributed by atoms with van der Waals surface area (Å²) in [7, 11) is 1.23. The second kappa shape index (κ2) is 6.41. The highest BCUT2D eigenvalue weighted by molar-refractivity contribution is 6.34. The predicted octanol–water partition coefficient (Wildman–Crippen LogP) is 3.17. The van der Waals surface area contributed by atoms with E-state index in [2.05, 4.69) is 0 Å². The lowest BCUT2D eigenvalue weighted by molar-refractivity contribution is -0.133. The van der Waals surface area contributed by atoms with Crippen molar-refractivity contribution in [2.45, 2.75) is 0 Å². The van der Waals surface area contributed by atoms with Crippen molar-refractivity contribution in [2.24, 2.45) is 0 Å². The minimum absolute atomic E-state index is 0.00187. The van der Waals surface area contributed by atoms with Crippen molar-refractivity contribution in [3.8, 4) is 17.2 Å². The van der Waals surface area contributed by atoms with E-state index in [9.17, 15) is 20.1 Å². The lowest BCUT2D eigenvalue weighted by Crippen LogP contribution is -2.03. The Morgan fingerprint density at radius 2 is 1.73 bits per heavy atom. The van der Waals surface area contributed by atoms with Gasteiger partial charge in [0.25, 0.3) is 0 Å². The number of carbonyl (C=O) groups is 1. The average Bonchev–Trinajstić information content (AvgIpc) is 2.49. The number of methoxy groups -OCH3 is 1. The average molecular weight is 321 g/mol. The highest BCUT2D eigenvalue weighted by Gasteiger charge is 2.15. The van der Waals surface area contributed by atoms with Crippen LogP contribution in [0.2, 0.25) is 5.02 Å². The van der Waals surface area contributed by atoms with E-state index in [1.807, 2.05) is 0 Å². The molecule has 0 heterocycles. The number of esters is 1. The van der Waals surface area contributed by atoms with Gasteiger partial charge in [-0.2, -0.15) is 0 Å². The summed E-state index contributed by atoms with van der Waals surface area (Å²) in [6.45, 7) is 0. The molecule has 5 nitrogen and oxygen atoms in total. The van der Waals surface area contributed by atoms with Gasteiger partial charge in [-0.15, -0.1) is 0 Å². The molecule has 2 rings (SSSR count). The smallest absolute Gasteiger partial charge is 0.338 e. The van der Waals surface area contributed by atoms with Gasteiger partial charge >= 0.3 is 5.97 Å². The van der Waals surface area contributed by atoms with Crippen molar-refractivity contribution in [1.82, 2.24) is 0 Å². The molecule has 22 heavy (non-hydrogen) atoms. The first-order valence-corrected chi connectivity index (χ1v) is 6.61. The Morgan fingerprint density at radius 3 is 2.32 bits per heavy atom. The number of hydrogen-bond donors (Lipinski definition) is 3. The molecular formula is C16H13ClO5. The molecule has 0 bridgehead atoms. The van der Waals surface area contributed by atoms with Crippen LogP contribution in [0.1, 0.15) is 11.1 Å². The lowest BCUT2D eigenvalue weighted by Gasteiger charge is -2.08. The van der Waals surface area contributed by atoms with Crippen LogP contribution in [-0.4, -0.2) is 28.4 Å². The van der Waals surface area contributed by atoms with Gasteiger partial charge in [-0.1, -0.05) is 23.7 Å². The molecule has 114 valence electrons. The van der Waals surface area contributed by atoms with E-state index in [-0.39, 0.29) is 33.4 Å². The summed E-state index contributed by atoms with van der Waals surface area (Å²) in [5, 5.41) is 28.5. The Balaban J connectivity index is 2.59. The molecule has 2 aromatic rings. The summed E-state index contributed by atoms with van der Waals surface area (Å²) in [5.74, 6) is -1.06. The minimum atomic E-state index is -0.621. The van der Waals surface area contributed by atoms with Gasteiger partial charge < -0.3 is 20.1 Å². The van der Waals surface area contributed by atoms with Crippen LogP contribution in [-0.2, 0) is 9.53 Å². The predicted molar refractivity (Wildman–Crippen MR) is 82.8 cm³/mol. The van der Waals surface area contributed by atoms with Crippen LogP contribution in [0.25, 0.3) is 11.6 Å². The molecule has 0 amide bonds. The largest absolute Gasteiger partial charge is 0.508 e. The molecule has 0 fully saturated rings. The van der Waals surface area contributed by atoms with E-state index < -0.39 is 5.97 Å². The highest BCUT2D eigenvalue weighted by Crippen LogP contribution is 2.34. The number of phenolic OH excluding ortho intramolecular Hbond substituents is 3. The van der Waals surface area contributed by atoms with Crippen LogP contribution >= 0.6 is 11.6 Å². The van der Waals surface area contributed by atoms with Crippen molar-refractivity contribution in [1.29, 1.82) is 0 Å². The van der Waals surface area contributed by atoms with E-state index in [0.717, 1.165) is 6.07 Å². The fourth-order valence-corrected chi connectivity index (χ4v) is 2.05. The van der Waals surface area contributed by atoms with Gasteiger partial charge in [-0.05, 0) is 29.8 Å². The summed E-state index contributed by atoms with van der Waals surface area (Å²) in [5.41, 5.74) is 0.908. The Morgan fingerprint density at radius 1 is 1.09 bits per heavy atom. The molecule has 0 aliphatic heterocycles. The zero-order chi connectivity index (χ0) is 16.3. The third-order valence-electron chi connectivity index (χ3n) is 2.95. The summed E-state index contributed by atoms with van der Waals surface area (Å²) in [6, 6.07) is 8.33. The number of ether oxygens (including phenoxy) is 1. The highest BCUT2D eigenvalue weighted by atomic mass is 35.5. The van der Waals surface area contributed by atoms with Crippen molar-refractivity contribution in [3.63, 3.8) is 0 Å². The minimum Gasteiger partial charge on any atom is -0.508 e. The Labute approximate surface area is 131 Å². The molecule has 2 aromatic carbocycles. The van der Waals surface area contributed by atoms with E-state index >= 15 is 0 Å². The number of phenols is 3. The second-order valence-corrected chi connectivity index (χ2v) is 4.84. The first kappa shape index (κ1) is 15.7. The molecular weight excluding hydrogens is 308 g/mol. The summed E-state index contributed by atoms with van der Waals surface area (Å²) in [4.78, 5) is 12.0. The summed E-state index contributed by atoms with van der Waals surface area (Å²) >= 11 is 5.97. The SMILES string of the molecule is COC(=O)/C(=C\c1cc(O)cc(O)c1Cl)c1ccc(O)cc1. The van der Waals surface area contributed by atoms with Crippen LogP contribution in [0.5, 0.6) is 17.2 Å². The van der Waals surface area contributed by atoms with Crippen LogP contribution < -0.4 is 0 Å². The first-order chi connectivity index (χ1) is 10.4. The maximum absolute atomic E-state index is 12.0. The van der Waals surface area contributed by atoms with E-state index in [4.69, 9.17) is 16.3 Å². The molecule has 0 aliphatic carbocycles. The molecule has 0 aliphatic rings. The van der Waals surface area contributed by atoms with Gasteiger partial charge in [0.2, 0.25) is 0 Å². The second-order valence-electron chi connectivity index (χ2n) is 4.46. The zero-order valence-corrected chi connectivity index (χ0v) is 12.3. The van der Waals surface area contributed by atoms with E-state index in [1.165, 1.54) is 43.5 Å². The van der Waals surface area contributed by atoms with Crippen molar-refractivity contribution in [3.05, 3.63) is 52.5 Å². The molecule has 0 radical (unpaired) electrons. The maximum atomic E-state index is 12.0. The lowest BCUT2D eigenvalue weighted by atomic mass is 10.0. The van der Waals surface area contributed by atoms with Gasteiger partial charge in [0.1, 0.15) is 17.2 Å². The van der Waals surface area contributed by atoms with Gasteiger partial charge in [0.15, 0.2) is 0 Å². The van der Waals surface area contributed by atoms with Gasteiger partial charge in [0.05, 0.1) is 17.7 Å². The van der Waals surface area contributed by atoms with Crippen molar-refractivity contribution >= 4 is 29.2 Å². The van der Waals surface area contributed by atoms with Crippen LogP contribution in [0, 0.1) is 0 Å². The topological polar surface area (TPSA) is 87.0 Å². The summed E-state index contributed by atoms with van der Waals surface area (Å²) in [6.07, 6.45) is 1.39. The van der Waals surface area contributed by atoms with Crippen molar-refractivity contribution < 1.29 is 24.9 Å². The fourth-order valence-electron chi connectivity index (χ4n) is 1.89. The van der Waals surface area contributed by atoms with Crippen LogP contribution in [0.3, 0.4) is 0 Å². The number of halogens is 1. The van der Waals surface area contributed by atoms with Crippen LogP contribution in [0.15, 0.2) is 36.4 Å². The fraction of sp³-hybridized carbons (Fsp3) is 0.0625. The zero-order valence-electron chi connectivity index (χ0n) is 11.6. The van der Waals surface area contributed by atoms with Gasteiger partial charge in [-0.25, -0.2) is 4.79 Å². The monoisotopic (exact) mass is 320 g/mol. The Hall–Kier alpha value is -2.66. The normalized spacial score (nSPS) is 11.3. The van der Waals surface area contributed by atoms with Gasteiger partial charge in [-0.3, -0.25) is 0 Å². The van der Waals surface area contributed by atoms with E-state index in [0.29, 0.717) is 5.56 Å². The number of hydrogen-bond acceptors (Lipinski definition) is 5. The van der Waals surface area contributed by atoms with Gasteiger partial charge in [0, 0.05) is 11.6 Å². The molecule has 0 atom stereocenters. The molecule has 0 aromatic heterocycles.